The molecule has 1 amide bonds. The Balaban J connectivity index is 2.54. The SMILES string of the molecule is CNNC(=O)C(N)Cc1ccc(Cl)cc1. The van der Waals surface area contributed by atoms with E-state index in [9.17, 15) is 4.79 Å². The number of hydrogen-bond acceptors (Lipinski definition) is 3. The Hall–Kier alpha value is -1.10. The zero-order valence-electron chi connectivity index (χ0n) is 8.46. The van der Waals surface area contributed by atoms with Crippen molar-refractivity contribution >= 4 is 17.5 Å². The number of benzene rings is 1. The zero-order chi connectivity index (χ0) is 11.3. The molecule has 0 aliphatic heterocycles. The van der Waals surface area contributed by atoms with Crippen molar-refractivity contribution in [3.05, 3.63) is 34.9 Å². The minimum atomic E-state index is -0.557. The smallest absolute Gasteiger partial charge is 0.251 e. The molecule has 1 rings (SSSR count). The first kappa shape index (κ1) is 12.0. The summed E-state index contributed by atoms with van der Waals surface area (Å²) in [5.41, 5.74) is 11.7. The van der Waals surface area contributed by atoms with E-state index in [-0.39, 0.29) is 5.91 Å². The zero-order valence-corrected chi connectivity index (χ0v) is 9.21. The highest BCUT2D eigenvalue weighted by Crippen LogP contribution is 2.10. The number of hydrazine groups is 1. The van der Waals surface area contributed by atoms with Gasteiger partial charge in [0.15, 0.2) is 0 Å². The maximum atomic E-state index is 11.3. The molecule has 1 unspecified atom stereocenters. The van der Waals surface area contributed by atoms with Gasteiger partial charge in [-0.25, -0.2) is 5.43 Å². The summed E-state index contributed by atoms with van der Waals surface area (Å²) in [5.74, 6) is -0.229. The van der Waals surface area contributed by atoms with Gasteiger partial charge in [0, 0.05) is 12.1 Å². The lowest BCUT2D eigenvalue weighted by Gasteiger charge is -2.11. The molecule has 0 aromatic heterocycles. The Kier molecular flexibility index (Phi) is 4.55. The van der Waals surface area contributed by atoms with Crippen LogP contribution in [0.3, 0.4) is 0 Å². The lowest BCUT2D eigenvalue weighted by atomic mass is 10.1. The fraction of sp³-hybridized carbons (Fsp3) is 0.300. The molecular weight excluding hydrogens is 214 g/mol. The van der Waals surface area contributed by atoms with Gasteiger partial charge < -0.3 is 5.73 Å². The molecule has 0 radical (unpaired) electrons. The second-order valence-corrected chi connectivity index (χ2v) is 3.61. The summed E-state index contributed by atoms with van der Waals surface area (Å²) < 4.78 is 0. The Morgan fingerprint density at radius 1 is 1.47 bits per heavy atom. The molecule has 1 aromatic rings. The number of carbonyl (C=O) groups is 1. The summed E-state index contributed by atoms with van der Waals surface area (Å²) >= 11 is 5.74. The minimum Gasteiger partial charge on any atom is -0.320 e. The van der Waals surface area contributed by atoms with Crippen LogP contribution in [0.1, 0.15) is 5.56 Å². The van der Waals surface area contributed by atoms with Crippen molar-refractivity contribution in [3.63, 3.8) is 0 Å². The average Bonchev–Trinajstić information content (AvgIpc) is 2.22. The molecule has 4 N–H and O–H groups in total. The maximum absolute atomic E-state index is 11.3. The molecule has 0 fully saturated rings. The third-order valence-electron chi connectivity index (χ3n) is 1.95. The van der Waals surface area contributed by atoms with Crippen LogP contribution in [0, 0.1) is 0 Å². The summed E-state index contributed by atoms with van der Waals surface area (Å²) in [7, 11) is 1.62. The fourth-order valence-electron chi connectivity index (χ4n) is 1.18. The predicted molar refractivity (Wildman–Crippen MR) is 60.3 cm³/mol. The predicted octanol–water partition coefficient (Wildman–Crippen LogP) is 0.460. The van der Waals surface area contributed by atoms with E-state index in [0.717, 1.165) is 5.56 Å². The van der Waals surface area contributed by atoms with Crippen LogP contribution in [-0.4, -0.2) is 19.0 Å². The molecule has 4 nitrogen and oxygen atoms in total. The quantitative estimate of drug-likeness (QED) is 0.655. The monoisotopic (exact) mass is 227 g/mol. The Labute approximate surface area is 93.8 Å². The van der Waals surface area contributed by atoms with Crippen molar-refractivity contribution in [3.8, 4) is 0 Å². The van der Waals surface area contributed by atoms with Gasteiger partial charge in [-0.15, -0.1) is 0 Å². The molecule has 0 aliphatic rings. The molecule has 0 heterocycles. The first-order valence-electron chi connectivity index (χ1n) is 4.60. The number of carbonyl (C=O) groups excluding carboxylic acids is 1. The maximum Gasteiger partial charge on any atom is 0.251 e. The van der Waals surface area contributed by atoms with E-state index >= 15 is 0 Å². The van der Waals surface area contributed by atoms with E-state index < -0.39 is 6.04 Å². The van der Waals surface area contributed by atoms with Crippen molar-refractivity contribution in [1.29, 1.82) is 0 Å². The molecule has 0 bridgehead atoms. The molecule has 82 valence electrons. The first-order chi connectivity index (χ1) is 7.13. The molecule has 15 heavy (non-hydrogen) atoms. The van der Waals surface area contributed by atoms with E-state index in [1.54, 1.807) is 19.2 Å². The van der Waals surface area contributed by atoms with Crippen LogP contribution in [0.15, 0.2) is 24.3 Å². The van der Waals surface area contributed by atoms with Crippen molar-refractivity contribution in [2.75, 3.05) is 7.05 Å². The lowest BCUT2D eigenvalue weighted by molar-refractivity contribution is -0.123. The van der Waals surface area contributed by atoms with Gasteiger partial charge in [0.1, 0.15) is 0 Å². The van der Waals surface area contributed by atoms with Gasteiger partial charge in [0.05, 0.1) is 6.04 Å². The average molecular weight is 228 g/mol. The van der Waals surface area contributed by atoms with Crippen molar-refractivity contribution in [2.45, 2.75) is 12.5 Å². The number of halogens is 1. The van der Waals surface area contributed by atoms with Gasteiger partial charge in [-0.2, -0.15) is 0 Å². The number of amides is 1. The molecule has 0 aliphatic carbocycles. The highest BCUT2D eigenvalue weighted by molar-refractivity contribution is 6.30. The van der Waals surface area contributed by atoms with E-state index in [4.69, 9.17) is 17.3 Å². The summed E-state index contributed by atoms with van der Waals surface area (Å²) in [6.45, 7) is 0. The number of nitrogens with one attached hydrogen (secondary N) is 2. The van der Waals surface area contributed by atoms with Crippen molar-refractivity contribution in [1.82, 2.24) is 10.9 Å². The van der Waals surface area contributed by atoms with Crippen LogP contribution in [0.5, 0.6) is 0 Å². The van der Waals surface area contributed by atoms with Crippen LogP contribution >= 0.6 is 11.6 Å². The highest BCUT2D eigenvalue weighted by Gasteiger charge is 2.12. The number of hydrogen-bond donors (Lipinski definition) is 3. The lowest BCUT2D eigenvalue weighted by Crippen LogP contribution is -2.46. The van der Waals surface area contributed by atoms with Gasteiger partial charge in [-0.3, -0.25) is 10.2 Å². The summed E-state index contributed by atoms with van der Waals surface area (Å²) in [6, 6.07) is 6.71. The van der Waals surface area contributed by atoms with Gasteiger partial charge >= 0.3 is 0 Å². The molecule has 0 saturated carbocycles. The molecule has 1 aromatic carbocycles. The minimum absolute atomic E-state index is 0.229. The normalized spacial score (nSPS) is 12.2. The van der Waals surface area contributed by atoms with Gasteiger partial charge in [0.2, 0.25) is 0 Å². The van der Waals surface area contributed by atoms with Crippen LogP contribution in [-0.2, 0) is 11.2 Å². The van der Waals surface area contributed by atoms with Gasteiger partial charge in [-0.05, 0) is 24.1 Å². The third-order valence-corrected chi connectivity index (χ3v) is 2.21. The molecule has 0 spiro atoms. The summed E-state index contributed by atoms with van der Waals surface area (Å²) in [4.78, 5) is 11.3. The Morgan fingerprint density at radius 2 is 2.07 bits per heavy atom. The van der Waals surface area contributed by atoms with Crippen molar-refractivity contribution in [2.24, 2.45) is 5.73 Å². The van der Waals surface area contributed by atoms with E-state index in [2.05, 4.69) is 10.9 Å². The van der Waals surface area contributed by atoms with Gasteiger partial charge in [-0.1, -0.05) is 23.7 Å². The number of rotatable bonds is 4. The number of nitrogens with two attached hydrogens (primary N) is 1. The molecular formula is C10H14ClN3O. The van der Waals surface area contributed by atoms with Crippen LogP contribution in [0.4, 0.5) is 0 Å². The second kappa shape index (κ2) is 5.70. The van der Waals surface area contributed by atoms with E-state index in [1.807, 2.05) is 12.1 Å². The molecule has 0 saturated heterocycles. The molecule has 5 heteroatoms. The van der Waals surface area contributed by atoms with E-state index in [1.165, 1.54) is 0 Å². The highest BCUT2D eigenvalue weighted by atomic mass is 35.5. The first-order valence-corrected chi connectivity index (χ1v) is 4.98. The van der Waals surface area contributed by atoms with Crippen LogP contribution < -0.4 is 16.6 Å². The fourth-order valence-corrected chi connectivity index (χ4v) is 1.31. The largest absolute Gasteiger partial charge is 0.320 e. The second-order valence-electron chi connectivity index (χ2n) is 3.18. The van der Waals surface area contributed by atoms with Gasteiger partial charge in [0.25, 0.3) is 5.91 Å². The summed E-state index contributed by atoms with van der Waals surface area (Å²) in [6.07, 6.45) is 0.491. The van der Waals surface area contributed by atoms with Crippen LogP contribution in [0.2, 0.25) is 5.02 Å². The Bertz CT molecular complexity index is 326. The van der Waals surface area contributed by atoms with E-state index in [0.29, 0.717) is 11.4 Å². The van der Waals surface area contributed by atoms with Crippen molar-refractivity contribution < 1.29 is 4.79 Å². The topological polar surface area (TPSA) is 67.1 Å². The molecule has 1 atom stereocenters. The summed E-state index contributed by atoms with van der Waals surface area (Å²) in [5, 5.41) is 0.673. The Morgan fingerprint density at radius 3 is 2.60 bits per heavy atom. The van der Waals surface area contributed by atoms with Crippen LogP contribution in [0.25, 0.3) is 0 Å². The standard InChI is InChI=1S/C10H14ClN3O/c1-13-14-10(15)9(12)6-7-2-4-8(11)5-3-7/h2-5,9,13H,6,12H2,1H3,(H,14,15). The third kappa shape index (κ3) is 3.87.